The van der Waals surface area contributed by atoms with Crippen LogP contribution in [0.3, 0.4) is 0 Å². The summed E-state index contributed by atoms with van der Waals surface area (Å²) in [6, 6.07) is 8.26. The first-order valence-corrected chi connectivity index (χ1v) is 9.93. The average Bonchev–Trinajstić information content (AvgIpc) is 3.36. The standard InChI is InChI=1S/C19H13Cl2N5O5/c20-11-5-8(22-17(27)16-24-19(29)31-25-16)6-12(21)15(11)30-10-3-4-13-14(7-10)26(9-1-2-9)18(28)23-13/h3-7,9H,1-2H2,(H,22,27)(H,23,28)(H,24,25,29). The lowest BCUT2D eigenvalue weighted by atomic mass is 10.2. The number of hydrogen-bond acceptors (Lipinski definition) is 6. The number of anilines is 1. The molecule has 2 heterocycles. The SMILES string of the molecule is O=C(Nc1cc(Cl)c(Oc2ccc3[nH]c(=O)n(C4CC4)c3c2)c(Cl)c1)c1noc(=O)[nH]1. The number of aromatic amines is 2. The van der Waals surface area contributed by atoms with Gasteiger partial charge in [-0.05, 0) is 42.3 Å². The van der Waals surface area contributed by atoms with E-state index in [9.17, 15) is 14.4 Å². The minimum atomic E-state index is -0.850. The van der Waals surface area contributed by atoms with Crippen LogP contribution in [0, 0.1) is 0 Å². The van der Waals surface area contributed by atoms with Crippen LogP contribution < -0.4 is 21.5 Å². The zero-order valence-electron chi connectivity index (χ0n) is 15.6. The number of carbonyl (C=O) groups is 1. The molecule has 3 N–H and O–H groups in total. The van der Waals surface area contributed by atoms with Crippen molar-refractivity contribution in [2.45, 2.75) is 18.9 Å². The maximum Gasteiger partial charge on any atom is 0.439 e. The average molecular weight is 462 g/mol. The van der Waals surface area contributed by atoms with Gasteiger partial charge in [0.25, 0.3) is 5.91 Å². The Labute approximate surface area is 182 Å². The summed E-state index contributed by atoms with van der Waals surface area (Å²) in [6.07, 6.45) is 1.93. The summed E-state index contributed by atoms with van der Waals surface area (Å²) >= 11 is 12.6. The molecule has 0 bridgehead atoms. The maximum atomic E-state index is 12.2. The minimum Gasteiger partial charge on any atom is -0.454 e. The Morgan fingerprint density at radius 2 is 1.90 bits per heavy atom. The first kappa shape index (κ1) is 19.5. The predicted molar refractivity (Wildman–Crippen MR) is 112 cm³/mol. The summed E-state index contributed by atoms with van der Waals surface area (Å²) < 4.78 is 11.9. The van der Waals surface area contributed by atoms with Crippen molar-refractivity contribution in [2.24, 2.45) is 0 Å². The van der Waals surface area contributed by atoms with Crippen LogP contribution >= 0.6 is 23.2 Å². The van der Waals surface area contributed by atoms with Crippen LogP contribution in [0.15, 0.2) is 44.4 Å². The van der Waals surface area contributed by atoms with Gasteiger partial charge in [-0.2, -0.15) is 0 Å². The molecule has 0 saturated heterocycles. The van der Waals surface area contributed by atoms with Crippen LogP contribution in [0.4, 0.5) is 5.69 Å². The fraction of sp³-hybridized carbons (Fsp3) is 0.158. The number of amides is 1. The van der Waals surface area contributed by atoms with Crippen molar-refractivity contribution in [1.29, 1.82) is 0 Å². The summed E-state index contributed by atoms with van der Waals surface area (Å²) in [5, 5.41) is 6.10. The molecule has 1 saturated carbocycles. The summed E-state index contributed by atoms with van der Waals surface area (Å²) in [4.78, 5) is 40.2. The summed E-state index contributed by atoms with van der Waals surface area (Å²) in [6.45, 7) is 0. The number of imidazole rings is 1. The van der Waals surface area contributed by atoms with Crippen molar-refractivity contribution in [3.63, 3.8) is 0 Å². The Morgan fingerprint density at radius 3 is 2.55 bits per heavy atom. The maximum absolute atomic E-state index is 12.2. The predicted octanol–water partition coefficient (Wildman–Crippen LogP) is 3.69. The summed E-state index contributed by atoms with van der Waals surface area (Å²) in [7, 11) is 0. The highest BCUT2D eigenvalue weighted by Crippen LogP contribution is 2.40. The van der Waals surface area contributed by atoms with Gasteiger partial charge < -0.3 is 15.0 Å². The van der Waals surface area contributed by atoms with Gasteiger partial charge in [-0.15, -0.1) is 0 Å². The van der Waals surface area contributed by atoms with Gasteiger partial charge in [-0.25, -0.2) is 9.59 Å². The highest BCUT2D eigenvalue weighted by atomic mass is 35.5. The van der Waals surface area contributed by atoms with E-state index >= 15 is 0 Å². The first-order valence-electron chi connectivity index (χ1n) is 9.17. The first-order chi connectivity index (χ1) is 14.9. The van der Waals surface area contributed by atoms with Crippen LogP contribution in [0.25, 0.3) is 11.0 Å². The molecule has 0 spiro atoms. The number of ether oxygens (including phenoxy) is 1. The third-order valence-electron chi connectivity index (χ3n) is 4.73. The van der Waals surface area contributed by atoms with Gasteiger partial charge in [0.15, 0.2) is 5.75 Å². The molecule has 158 valence electrons. The normalized spacial score (nSPS) is 13.5. The third kappa shape index (κ3) is 3.71. The van der Waals surface area contributed by atoms with Gasteiger partial charge in [0.2, 0.25) is 5.82 Å². The van der Waals surface area contributed by atoms with Crippen molar-refractivity contribution in [1.82, 2.24) is 19.7 Å². The zero-order valence-corrected chi connectivity index (χ0v) is 17.1. The van der Waals surface area contributed by atoms with Crippen molar-refractivity contribution in [3.8, 4) is 11.5 Å². The Balaban J connectivity index is 1.42. The van der Waals surface area contributed by atoms with Crippen molar-refractivity contribution in [2.75, 3.05) is 5.32 Å². The lowest BCUT2D eigenvalue weighted by Gasteiger charge is -2.12. The molecule has 1 fully saturated rings. The third-order valence-corrected chi connectivity index (χ3v) is 5.29. The van der Waals surface area contributed by atoms with Gasteiger partial charge in [0.1, 0.15) is 5.75 Å². The fourth-order valence-corrected chi connectivity index (χ4v) is 3.79. The molecule has 2 aromatic carbocycles. The summed E-state index contributed by atoms with van der Waals surface area (Å²) in [5.74, 6) is -1.22. The molecule has 0 atom stereocenters. The number of hydrogen-bond donors (Lipinski definition) is 3. The second-order valence-corrected chi connectivity index (χ2v) is 7.79. The topological polar surface area (TPSA) is 135 Å². The number of benzene rings is 2. The van der Waals surface area contributed by atoms with Crippen LogP contribution in [0.2, 0.25) is 10.0 Å². The molecule has 31 heavy (non-hydrogen) atoms. The van der Waals surface area contributed by atoms with E-state index in [-0.39, 0.29) is 39.0 Å². The number of nitrogens with zero attached hydrogens (tertiary/aromatic N) is 2. The molecule has 1 aliphatic carbocycles. The lowest BCUT2D eigenvalue weighted by molar-refractivity contribution is 0.101. The Bertz CT molecular complexity index is 1420. The van der Waals surface area contributed by atoms with E-state index in [0.717, 1.165) is 18.4 Å². The van der Waals surface area contributed by atoms with Crippen LogP contribution in [0.1, 0.15) is 29.5 Å². The highest BCUT2D eigenvalue weighted by molar-refractivity contribution is 6.37. The van der Waals surface area contributed by atoms with E-state index in [1.54, 1.807) is 22.8 Å². The van der Waals surface area contributed by atoms with E-state index in [1.807, 2.05) is 0 Å². The van der Waals surface area contributed by atoms with Crippen molar-refractivity contribution < 1.29 is 14.1 Å². The van der Waals surface area contributed by atoms with Gasteiger partial charge in [-0.3, -0.25) is 18.9 Å². The van der Waals surface area contributed by atoms with Crippen LogP contribution in [-0.2, 0) is 0 Å². The molecule has 0 aliphatic heterocycles. The summed E-state index contributed by atoms with van der Waals surface area (Å²) in [5.41, 5.74) is 1.56. The Kier molecular flexibility index (Phi) is 4.60. The van der Waals surface area contributed by atoms with E-state index in [0.29, 0.717) is 11.3 Å². The van der Waals surface area contributed by atoms with Crippen molar-refractivity contribution in [3.05, 3.63) is 67.2 Å². The Morgan fingerprint density at radius 1 is 1.16 bits per heavy atom. The number of aromatic nitrogens is 4. The molecule has 12 heteroatoms. The number of halogens is 2. The molecule has 1 amide bonds. The highest BCUT2D eigenvalue weighted by Gasteiger charge is 2.27. The quantitative estimate of drug-likeness (QED) is 0.414. The smallest absolute Gasteiger partial charge is 0.439 e. The van der Waals surface area contributed by atoms with Gasteiger partial charge in [0.05, 0.1) is 21.1 Å². The van der Waals surface area contributed by atoms with Crippen LogP contribution in [0.5, 0.6) is 11.5 Å². The molecule has 0 unspecified atom stereocenters. The molecule has 1 aliphatic rings. The van der Waals surface area contributed by atoms with E-state index in [2.05, 4.69) is 25.0 Å². The lowest BCUT2D eigenvalue weighted by Crippen LogP contribution is -2.15. The van der Waals surface area contributed by atoms with E-state index in [4.69, 9.17) is 27.9 Å². The number of fused-ring (bicyclic) bond motifs is 1. The van der Waals surface area contributed by atoms with E-state index < -0.39 is 11.7 Å². The fourth-order valence-electron chi connectivity index (χ4n) is 3.23. The number of rotatable bonds is 5. The van der Waals surface area contributed by atoms with Gasteiger partial charge in [-0.1, -0.05) is 23.2 Å². The molecular formula is C19H13Cl2N5O5. The molecule has 5 rings (SSSR count). The molecule has 10 nitrogen and oxygen atoms in total. The number of carbonyl (C=O) groups excluding carboxylic acids is 1. The largest absolute Gasteiger partial charge is 0.454 e. The minimum absolute atomic E-state index is 0.144. The number of nitrogens with one attached hydrogen (secondary N) is 3. The molecule has 2 aromatic heterocycles. The van der Waals surface area contributed by atoms with E-state index in [1.165, 1.54) is 12.1 Å². The Hall–Kier alpha value is -3.50. The monoisotopic (exact) mass is 461 g/mol. The number of H-pyrrole nitrogens is 2. The molecular weight excluding hydrogens is 449 g/mol. The zero-order chi connectivity index (χ0) is 21.7. The van der Waals surface area contributed by atoms with Gasteiger partial charge >= 0.3 is 11.4 Å². The molecule has 0 radical (unpaired) electrons. The molecule has 4 aromatic rings. The van der Waals surface area contributed by atoms with Crippen LogP contribution in [-0.4, -0.2) is 25.6 Å². The van der Waals surface area contributed by atoms with Gasteiger partial charge in [0, 0.05) is 17.8 Å². The second kappa shape index (κ2) is 7.33. The van der Waals surface area contributed by atoms with Crippen molar-refractivity contribution >= 4 is 45.8 Å². The second-order valence-electron chi connectivity index (χ2n) is 6.98.